The molecule has 0 aliphatic heterocycles. The normalized spacial score (nSPS) is 12.3. The molecule has 3 rings (SSSR count). The van der Waals surface area contributed by atoms with Gasteiger partial charge < -0.3 is 10.1 Å². The van der Waals surface area contributed by atoms with Crippen LogP contribution in [0.3, 0.4) is 0 Å². The molecule has 0 saturated heterocycles. The molecule has 1 N–H and O–H groups in total. The first kappa shape index (κ1) is 16.1. The smallest absolute Gasteiger partial charge is 0.165 e. The van der Waals surface area contributed by atoms with Gasteiger partial charge in [-0.15, -0.1) is 11.3 Å². The third-order valence-corrected chi connectivity index (χ3v) is 5.21. The molecule has 1 aromatic carbocycles. The number of hydrogen-bond donors (Lipinski definition) is 1. The lowest BCUT2D eigenvalue weighted by molar-refractivity contribution is 0.385. The highest BCUT2D eigenvalue weighted by Crippen LogP contribution is 2.26. The summed E-state index contributed by atoms with van der Waals surface area (Å²) in [5.41, 5.74) is 3.05. The third kappa shape index (κ3) is 3.77. The predicted molar refractivity (Wildman–Crippen MR) is 93.6 cm³/mol. The van der Waals surface area contributed by atoms with Gasteiger partial charge >= 0.3 is 0 Å². The number of aromatic nitrogens is 1. The first-order chi connectivity index (χ1) is 11.2. The minimum absolute atomic E-state index is 0.0294. The summed E-state index contributed by atoms with van der Waals surface area (Å²) in [6.45, 7) is 2.66. The van der Waals surface area contributed by atoms with E-state index in [4.69, 9.17) is 4.74 Å². The number of nitrogens with one attached hydrogen (secondary N) is 1. The molecule has 0 saturated carbocycles. The molecule has 23 heavy (non-hydrogen) atoms. The Hall–Kier alpha value is -1.76. The summed E-state index contributed by atoms with van der Waals surface area (Å²) in [4.78, 5) is 4.63. The zero-order valence-electron chi connectivity index (χ0n) is 12.9. The molecule has 0 unspecified atom stereocenters. The van der Waals surface area contributed by atoms with E-state index in [0.717, 1.165) is 21.8 Å². The summed E-state index contributed by atoms with van der Waals surface area (Å²) in [7, 11) is 1.47. The van der Waals surface area contributed by atoms with Crippen LogP contribution in [-0.2, 0) is 6.54 Å². The second-order valence-electron chi connectivity index (χ2n) is 5.15. The van der Waals surface area contributed by atoms with Crippen molar-refractivity contribution in [2.45, 2.75) is 19.5 Å². The first-order valence-electron chi connectivity index (χ1n) is 7.21. The number of thiophene rings is 1. The Morgan fingerprint density at radius 3 is 2.87 bits per heavy atom. The molecule has 0 amide bonds. The summed E-state index contributed by atoms with van der Waals surface area (Å²) in [6.07, 6.45) is 0. The zero-order chi connectivity index (χ0) is 16.2. The van der Waals surface area contributed by atoms with E-state index < -0.39 is 0 Å². The van der Waals surface area contributed by atoms with Gasteiger partial charge in [0.25, 0.3) is 0 Å². The third-order valence-electron chi connectivity index (χ3n) is 3.59. The molecule has 120 valence electrons. The van der Waals surface area contributed by atoms with Crippen molar-refractivity contribution in [3.63, 3.8) is 0 Å². The number of thiazole rings is 1. The minimum Gasteiger partial charge on any atom is -0.494 e. The van der Waals surface area contributed by atoms with Crippen molar-refractivity contribution in [2.75, 3.05) is 7.11 Å². The van der Waals surface area contributed by atoms with Gasteiger partial charge in [-0.2, -0.15) is 11.3 Å². The van der Waals surface area contributed by atoms with Gasteiger partial charge in [0.15, 0.2) is 11.6 Å². The van der Waals surface area contributed by atoms with E-state index in [2.05, 4.69) is 32.5 Å². The molecule has 0 bridgehead atoms. The van der Waals surface area contributed by atoms with E-state index in [1.807, 2.05) is 13.0 Å². The van der Waals surface area contributed by atoms with E-state index in [9.17, 15) is 4.39 Å². The van der Waals surface area contributed by atoms with Crippen molar-refractivity contribution in [1.29, 1.82) is 0 Å². The molecule has 0 radical (unpaired) electrons. The average molecular weight is 348 g/mol. The highest BCUT2D eigenvalue weighted by molar-refractivity contribution is 7.14. The summed E-state index contributed by atoms with van der Waals surface area (Å²) in [5.74, 6) is -0.0760. The number of benzene rings is 1. The van der Waals surface area contributed by atoms with Crippen LogP contribution in [0.2, 0.25) is 0 Å². The van der Waals surface area contributed by atoms with Crippen LogP contribution < -0.4 is 10.1 Å². The van der Waals surface area contributed by atoms with Crippen molar-refractivity contribution in [1.82, 2.24) is 10.3 Å². The number of hydrogen-bond acceptors (Lipinski definition) is 5. The van der Waals surface area contributed by atoms with Crippen LogP contribution in [0.1, 0.15) is 24.2 Å². The standard InChI is InChI=1S/C17H17FN2OS2/c1-11(12-3-4-16(21-2)15(18)7-12)19-8-14-10-23-17(20-14)13-5-6-22-9-13/h3-7,9-11,19H,8H2,1-2H3/t11-/m1/s1. The lowest BCUT2D eigenvalue weighted by Crippen LogP contribution is -2.18. The van der Waals surface area contributed by atoms with Crippen molar-refractivity contribution in [3.05, 3.63) is 57.5 Å². The van der Waals surface area contributed by atoms with Crippen molar-refractivity contribution >= 4 is 22.7 Å². The van der Waals surface area contributed by atoms with Gasteiger partial charge in [-0.1, -0.05) is 6.07 Å². The summed E-state index contributed by atoms with van der Waals surface area (Å²) >= 11 is 3.31. The fraction of sp³-hybridized carbons (Fsp3) is 0.235. The zero-order valence-corrected chi connectivity index (χ0v) is 14.5. The minimum atomic E-state index is -0.341. The molecule has 3 nitrogen and oxygen atoms in total. The van der Waals surface area contributed by atoms with E-state index in [1.54, 1.807) is 28.7 Å². The maximum Gasteiger partial charge on any atom is 0.165 e. The lowest BCUT2D eigenvalue weighted by Gasteiger charge is -2.14. The second kappa shape index (κ2) is 7.21. The molecule has 1 atom stereocenters. The Kier molecular flexibility index (Phi) is 5.05. The SMILES string of the molecule is COc1ccc([C@@H](C)NCc2csc(-c3ccsc3)n2)cc1F. The van der Waals surface area contributed by atoms with Crippen LogP contribution in [0, 0.1) is 5.82 Å². The van der Waals surface area contributed by atoms with Crippen LogP contribution in [0.5, 0.6) is 5.75 Å². The van der Waals surface area contributed by atoms with Gasteiger partial charge in [-0.05, 0) is 36.1 Å². The van der Waals surface area contributed by atoms with E-state index in [-0.39, 0.29) is 17.6 Å². The van der Waals surface area contributed by atoms with E-state index in [0.29, 0.717) is 6.54 Å². The van der Waals surface area contributed by atoms with Gasteiger partial charge in [0.1, 0.15) is 5.01 Å². The predicted octanol–water partition coefficient (Wildman–Crippen LogP) is 4.87. The molecule has 2 heterocycles. The maximum absolute atomic E-state index is 13.8. The number of rotatable bonds is 6. The Labute approximate surface area is 142 Å². The molecule has 0 spiro atoms. The highest BCUT2D eigenvalue weighted by Gasteiger charge is 2.11. The fourth-order valence-electron chi connectivity index (χ4n) is 2.23. The van der Waals surface area contributed by atoms with Crippen LogP contribution in [0.15, 0.2) is 40.4 Å². The molecule has 0 fully saturated rings. The summed E-state index contributed by atoms with van der Waals surface area (Å²) in [6, 6.07) is 7.14. The number of halogens is 1. The molecule has 6 heteroatoms. The number of nitrogens with zero attached hydrogens (tertiary/aromatic N) is 1. The summed E-state index contributed by atoms with van der Waals surface area (Å²) < 4.78 is 18.7. The first-order valence-corrected chi connectivity index (χ1v) is 9.03. The molecule has 2 aromatic heterocycles. The van der Waals surface area contributed by atoms with Gasteiger partial charge in [0.05, 0.1) is 12.8 Å². The van der Waals surface area contributed by atoms with Crippen LogP contribution in [0.25, 0.3) is 10.6 Å². The molecular formula is C17H17FN2OS2. The van der Waals surface area contributed by atoms with Gasteiger partial charge in [-0.3, -0.25) is 0 Å². The summed E-state index contributed by atoms with van der Waals surface area (Å²) in [5, 5.41) is 10.6. The molecule has 0 aliphatic carbocycles. The van der Waals surface area contributed by atoms with Crippen LogP contribution in [-0.4, -0.2) is 12.1 Å². The fourth-order valence-corrected chi connectivity index (χ4v) is 3.77. The van der Waals surface area contributed by atoms with Crippen LogP contribution in [0.4, 0.5) is 4.39 Å². The van der Waals surface area contributed by atoms with Gasteiger partial charge in [-0.25, -0.2) is 9.37 Å². The van der Waals surface area contributed by atoms with Crippen LogP contribution >= 0.6 is 22.7 Å². The maximum atomic E-state index is 13.8. The monoisotopic (exact) mass is 348 g/mol. The Morgan fingerprint density at radius 2 is 2.17 bits per heavy atom. The molecule has 3 aromatic rings. The second-order valence-corrected chi connectivity index (χ2v) is 6.79. The number of methoxy groups -OCH3 is 1. The Bertz CT molecular complexity index is 771. The average Bonchev–Trinajstić information content (AvgIpc) is 3.23. The van der Waals surface area contributed by atoms with E-state index >= 15 is 0 Å². The van der Waals surface area contributed by atoms with Crippen molar-refractivity contribution < 1.29 is 9.13 Å². The van der Waals surface area contributed by atoms with E-state index in [1.165, 1.54) is 13.2 Å². The molecule has 0 aliphatic rings. The Morgan fingerprint density at radius 1 is 1.30 bits per heavy atom. The van der Waals surface area contributed by atoms with Gasteiger partial charge in [0, 0.05) is 28.9 Å². The highest BCUT2D eigenvalue weighted by atomic mass is 32.1. The number of ether oxygens (including phenoxy) is 1. The molecular weight excluding hydrogens is 331 g/mol. The van der Waals surface area contributed by atoms with Gasteiger partial charge in [0.2, 0.25) is 0 Å². The quantitative estimate of drug-likeness (QED) is 0.690. The van der Waals surface area contributed by atoms with Crippen molar-refractivity contribution in [2.24, 2.45) is 0 Å². The largest absolute Gasteiger partial charge is 0.494 e. The Balaban J connectivity index is 1.63. The van der Waals surface area contributed by atoms with Crippen molar-refractivity contribution in [3.8, 4) is 16.3 Å². The topological polar surface area (TPSA) is 34.1 Å². The lowest BCUT2D eigenvalue weighted by atomic mass is 10.1.